The molecule has 0 spiro atoms. The van der Waals surface area contributed by atoms with Crippen LogP contribution in [0.25, 0.3) is 0 Å². The maximum absolute atomic E-state index is 13.9. The maximum atomic E-state index is 13.9. The molecule has 45 heavy (non-hydrogen) atoms. The van der Waals surface area contributed by atoms with E-state index in [0.717, 1.165) is 35.6 Å². The molecule has 3 heterocycles. The van der Waals surface area contributed by atoms with Crippen molar-refractivity contribution in [2.24, 2.45) is 5.73 Å². The van der Waals surface area contributed by atoms with Crippen LogP contribution in [0.4, 0.5) is 17.2 Å². The zero-order valence-corrected chi connectivity index (χ0v) is 27.1. The number of fused-ring (bicyclic) bond motifs is 1. The van der Waals surface area contributed by atoms with E-state index in [-0.39, 0.29) is 24.0 Å². The van der Waals surface area contributed by atoms with Crippen LogP contribution in [0.3, 0.4) is 0 Å². The van der Waals surface area contributed by atoms with Crippen LogP contribution in [-0.4, -0.2) is 42.8 Å². The Morgan fingerprint density at radius 1 is 1.02 bits per heavy atom. The third-order valence-electron chi connectivity index (χ3n) is 8.39. The van der Waals surface area contributed by atoms with E-state index in [4.69, 9.17) is 15.2 Å². The van der Waals surface area contributed by atoms with E-state index in [9.17, 15) is 13.5 Å². The Labute approximate surface area is 267 Å². The summed E-state index contributed by atoms with van der Waals surface area (Å²) in [4.78, 5) is 7.39. The van der Waals surface area contributed by atoms with Crippen LogP contribution < -0.4 is 14.9 Å². The highest BCUT2D eigenvalue weighted by Gasteiger charge is 2.35. The Morgan fingerprint density at radius 3 is 2.53 bits per heavy atom. The van der Waals surface area contributed by atoms with Gasteiger partial charge in [0.25, 0.3) is 10.0 Å². The second kappa shape index (κ2) is 15.0. The Kier molecular flexibility index (Phi) is 10.9. The summed E-state index contributed by atoms with van der Waals surface area (Å²) in [6.45, 7) is 4.40. The molecular formula is C35H45N5O4S. The lowest BCUT2D eigenvalue weighted by molar-refractivity contribution is 0.123. The molecule has 2 unspecified atom stereocenters. The first-order valence-corrected chi connectivity index (χ1v) is 17.5. The zero-order valence-electron chi connectivity index (χ0n) is 26.3. The van der Waals surface area contributed by atoms with Crippen LogP contribution in [-0.2, 0) is 22.9 Å². The normalized spacial score (nSPS) is 15.3. The third kappa shape index (κ3) is 7.74. The van der Waals surface area contributed by atoms with E-state index >= 15 is 0 Å². The van der Waals surface area contributed by atoms with Crippen molar-refractivity contribution in [2.75, 3.05) is 22.3 Å². The van der Waals surface area contributed by atoms with Gasteiger partial charge in [-0.1, -0.05) is 68.4 Å². The fraction of sp³-hybridized carbons (Fsp3) is 0.429. The van der Waals surface area contributed by atoms with Crippen molar-refractivity contribution in [3.63, 3.8) is 0 Å². The number of hydrogen-bond acceptors (Lipinski definition) is 8. The first kappa shape index (κ1) is 32.7. The minimum atomic E-state index is -3.88. The molecule has 240 valence electrons. The molecule has 9 nitrogen and oxygen atoms in total. The number of nitrogens with two attached hydrogens (primary N) is 1. The van der Waals surface area contributed by atoms with Gasteiger partial charge < -0.3 is 20.3 Å². The highest BCUT2D eigenvalue weighted by atomic mass is 32.2. The zero-order chi connectivity index (χ0) is 31.8. The lowest BCUT2D eigenvalue weighted by Crippen LogP contribution is -2.35. The van der Waals surface area contributed by atoms with Gasteiger partial charge in [-0.3, -0.25) is 4.31 Å². The summed E-state index contributed by atoms with van der Waals surface area (Å²) < 4.78 is 34.6. The van der Waals surface area contributed by atoms with Gasteiger partial charge in [-0.2, -0.15) is 0 Å². The van der Waals surface area contributed by atoms with E-state index < -0.39 is 16.1 Å². The van der Waals surface area contributed by atoms with Crippen molar-refractivity contribution in [3.05, 3.63) is 95.5 Å². The molecule has 1 aliphatic heterocycles. The van der Waals surface area contributed by atoms with Crippen molar-refractivity contribution in [1.82, 2.24) is 10.1 Å². The minimum absolute atomic E-state index is 0.163. The molecule has 0 radical (unpaired) electrons. The SMILES string of the molecule is CCCCCCCCc1cccc(N2c3ccc(S(=O)(=O)N(CCN)c4ccccc4)cc3CC2CC(O)c2cc(C)no2)n1. The fourth-order valence-electron chi connectivity index (χ4n) is 6.13. The van der Waals surface area contributed by atoms with Gasteiger partial charge in [-0.05, 0) is 74.2 Å². The fourth-order valence-corrected chi connectivity index (χ4v) is 7.66. The van der Waals surface area contributed by atoms with E-state index in [2.05, 4.69) is 23.0 Å². The number of pyridine rings is 1. The Balaban J connectivity index is 1.45. The molecule has 0 saturated carbocycles. The van der Waals surface area contributed by atoms with Gasteiger partial charge in [0.15, 0.2) is 5.76 Å². The van der Waals surface area contributed by atoms with Gasteiger partial charge in [0.2, 0.25) is 0 Å². The summed E-state index contributed by atoms with van der Waals surface area (Å²) in [5.41, 5.74) is 9.91. The summed E-state index contributed by atoms with van der Waals surface area (Å²) in [6.07, 6.45) is 8.23. The van der Waals surface area contributed by atoms with Gasteiger partial charge in [0, 0.05) is 43.0 Å². The van der Waals surface area contributed by atoms with E-state index in [1.165, 1.54) is 36.4 Å². The molecule has 0 bridgehead atoms. The van der Waals surface area contributed by atoms with E-state index in [1.807, 2.05) is 43.3 Å². The first-order chi connectivity index (χ1) is 21.8. The van der Waals surface area contributed by atoms with Gasteiger partial charge in [0.05, 0.1) is 16.3 Å². The highest BCUT2D eigenvalue weighted by Crippen LogP contribution is 2.42. The van der Waals surface area contributed by atoms with Crippen molar-refractivity contribution in [1.29, 1.82) is 0 Å². The Hall–Kier alpha value is -3.73. The van der Waals surface area contributed by atoms with Crippen LogP contribution in [0.15, 0.2) is 82.2 Å². The van der Waals surface area contributed by atoms with Gasteiger partial charge >= 0.3 is 0 Å². The summed E-state index contributed by atoms with van der Waals surface area (Å²) in [5, 5.41) is 15.1. The minimum Gasteiger partial charge on any atom is -0.385 e. The number of para-hydroxylation sites is 1. The molecular weight excluding hydrogens is 586 g/mol. The number of aliphatic hydroxyl groups is 1. The monoisotopic (exact) mass is 631 g/mol. The second-order valence-electron chi connectivity index (χ2n) is 11.8. The number of sulfonamides is 1. The lowest BCUT2D eigenvalue weighted by Gasteiger charge is -2.28. The number of aromatic nitrogens is 2. The number of aryl methyl sites for hydroxylation is 2. The predicted octanol–water partition coefficient (Wildman–Crippen LogP) is 6.62. The smallest absolute Gasteiger partial charge is 0.264 e. The molecule has 2 atom stereocenters. The number of anilines is 3. The molecule has 5 rings (SSSR count). The largest absolute Gasteiger partial charge is 0.385 e. The molecule has 1 aliphatic rings. The number of nitrogens with zero attached hydrogens (tertiary/aromatic N) is 4. The predicted molar refractivity (Wildman–Crippen MR) is 178 cm³/mol. The molecule has 2 aromatic carbocycles. The summed E-state index contributed by atoms with van der Waals surface area (Å²) in [6, 6.07) is 22.0. The van der Waals surface area contributed by atoms with Crippen LogP contribution in [0.5, 0.6) is 0 Å². The molecule has 0 aliphatic carbocycles. The molecule has 2 aromatic heterocycles. The summed E-state index contributed by atoms with van der Waals surface area (Å²) in [5.74, 6) is 1.20. The third-order valence-corrected chi connectivity index (χ3v) is 10.2. The molecule has 0 saturated heterocycles. The van der Waals surface area contributed by atoms with E-state index in [0.29, 0.717) is 30.0 Å². The molecule has 0 fully saturated rings. The highest BCUT2D eigenvalue weighted by molar-refractivity contribution is 7.92. The molecule has 3 N–H and O–H groups in total. The molecule has 0 amide bonds. The van der Waals surface area contributed by atoms with Gasteiger partial charge in [0.1, 0.15) is 11.9 Å². The van der Waals surface area contributed by atoms with Crippen molar-refractivity contribution < 1.29 is 18.0 Å². The second-order valence-corrected chi connectivity index (χ2v) is 13.7. The summed E-state index contributed by atoms with van der Waals surface area (Å²) >= 11 is 0. The number of benzene rings is 2. The van der Waals surface area contributed by atoms with Gasteiger partial charge in [-0.15, -0.1) is 0 Å². The average Bonchev–Trinajstić information content (AvgIpc) is 3.64. The standard InChI is InChI=1S/C35H45N5O4S/c1-3-4-5-6-7-9-13-28-14-12-17-35(37-28)40-30(25-33(41)34-22-26(2)38-44-34)23-27-24-31(18-19-32(27)40)45(42,43)39(21-20-36)29-15-10-8-11-16-29/h8,10-12,14-19,22,24,30,33,41H,3-7,9,13,20-21,23,25,36H2,1-2H3. The van der Waals surface area contributed by atoms with Crippen LogP contribution >= 0.6 is 0 Å². The van der Waals surface area contributed by atoms with Crippen molar-refractivity contribution in [3.8, 4) is 0 Å². The first-order valence-electron chi connectivity index (χ1n) is 16.1. The maximum Gasteiger partial charge on any atom is 0.264 e. The van der Waals surface area contributed by atoms with Crippen molar-refractivity contribution >= 4 is 27.2 Å². The topological polar surface area (TPSA) is 126 Å². The Bertz CT molecular complexity index is 1640. The number of rotatable bonds is 16. The number of unbranched alkanes of at least 4 members (excludes halogenated alkanes) is 5. The average molecular weight is 632 g/mol. The number of hydrogen-bond donors (Lipinski definition) is 2. The Morgan fingerprint density at radius 2 is 1.80 bits per heavy atom. The summed E-state index contributed by atoms with van der Waals surface area (Å²) in [7, 11) is -3.88. The van der Waals surface area contributed by atoms with Gasteiger partial charge in [-0.25, -0.2) is 13.4 Å². The molecule has 4 aromatic rings. The van der Waals surface area contributed by atoms with Crippen LogP contribution in [0.1, 0.15) is 80.7 Å². The lowest BCUT2D eigenvalue weighted by atomic mass is 10.0. The number of aliphatic hydroxyl groups excluding tert-OH is 1. The van der Waals surface area contributed by atoms with E-state index in [1.54, 1.807) is 30.3 Å². The van der Waals surface area contributed by atoms with Crippen LogP contribution in [0, 0.1) is 6.92 Å². The quantitative estimate of drug-likeness (QED) is 0.132. The van der Waals surface area contributed by atoms with Crippen LogP contribution in [0.2, 0.25) is 0 Å². The molecule has 10 heteroatoms. The van der Waals surface area contributed by atoms with Crippen molar-refractivity contribution in [2.45, 2.75) is 88.7 Å².